The molecule has 1 aliphatic rings. The summed E-state index contributed by atoms with van der Waals surface area (Å²) in [5.74, 6) is -0.518. The lowest BCUT2D eigenvalue weighted by Gasteiger charge is -2.28. The van der Waals surface area contributed by atoms with Gasteiger partial charge in [-0.1, -0.05) is 0 Å². The van der Waals surface area contributed by atoms with Gasteiger partial charge in [0.15, 0.2) is 0 Å². The Morgan fingerprint density at radius 1 is 1.60 bits per heavy atom. The van der Waals surface area contributed by atoms with Crippen molar-refractivity contribution in [2.45, 2.75) is 32.4 Å². The van der Waals surface area contributed by atoms with Crippen molar-refractivity contribution < 1.29 is 19.4 Å². The fourth-order valence-corrected chi connectivity index (χ4v) is 2.77. The number of ether oxygens (including phenoxy) is 1. The molecular formula is C14H16INO4. The number of halogens is 1. The number of nitrogens with zero attached hydrogens (tertiary/aromatic N) is 1. The van der Waals surface area contributed by atoms with E-state index in [-0.39, 0.29) is 24.5 Å². The highest BCUT2D eigenvalue weighted by atomic mass is 127. The number of hydrogen-bond donors (Lipinski definition) is 1. The van der Waals surface area contributed by atoms with Crippen LogP contribution in [0.25, 0.3) is 0 Å². The first-order valence-electron chi connectivity index (χ1n) is 6.37. The van der Waals surface area contributed by atoms with E-state index in [2.05, 4.69) is 22.6 Å². The van der Waals surface area contributed by atoms with Gasteiger partial charge in [0.1, 0.15) is 11.9 Å². The highest BCUT2D eigenvalue weighted by molar-refractivity contribution is 14.1. The van der Waals surface area contributed by atoms with Crippen LogP contribution < -0.4 is 4.74 Å². The average molecular weight is 389 g/mol. The van der Waals surface area contributed by atoms with Gasteiger partial charge in [0.2, 0.25) is 0 Å². The second-order valence-corrected chi connectivity index (χ2v) is 6.22. The third-order valence-corrected chi connectivity index (χ3v) is 3.89. The normalized spacial score (nSPS) is 19.9. The standard InChI is InChI=1S/C14H16INO4/c1-8(5-13(17)18)16-7-9(2)20-12-4-3-10(15)6-11(12)14(16)19/h3-4,6,8-9H,5,7H2,1-2H3,(H,17,18). The molecule has 6 heteroatoms. The van der Waals surface area contributed by atoms with E-state index in [1.54, 1.807) is 24.0 Å². The lowest BCUT2D eigenvalue weighted by Crippen LogP contribution is -2.43. The number of rotatable bonds is 3. The van der Waals surface area contributed by atoms with Crippen LogP contribution in [0.3, 0.4) is 0 Å². The lowest BCUT2D eigenvalue weighted by atomic mass is 10.1. The number of carboxylic acids is 1. The predicted octanol–water partition coefficient (Wildman–Crippen LogP) is 2.38. The van der Waals surface area contributed by atoms with Crippen molar-refractivity contribution in [1.29, 1.82) is 0 Å². The number of hydrogen-bond acceptors (Lipinski definition) is 3. The third kappa shape index (κ3) is 3.23. The largest absolute Gasteiger partial charge is 0.488 e. The first kappa shape index (κ1) is 15.1. The molecule has 108 valence electrons. The molecule has 2 atom stereocenters. The Hall–Kier alpha value is -1.31. The van der Waals surface area contributed by atoms with E-state index in [0.717, 1.165) is 3.57 Å². The van der Waals surface area contributed by atoms with Crippen LogP contribution in [0.15, 0.2) is 18.2 Å². The first-order valence-corrected chi connectivity index (χ1v) is 7.45. The summed E-state index contributed by atoms with van der Waals surface area (Å²) >= 11 is 2.14. The van der Waals surface area contributed by atoms with Gasteiger partial charge in [-0.15, -0.1) is 0 Å². The molecule has 1 amide bonds. The number of carbonyl (C=O) groups excluding carboxylic acids is 1. The van der Waals surface area contributed by atoms with Gasteiger partial charge in [0, 0.05) is 9.61 Å². The molecule has 0 saturated heterocycles. The summed E-state index contributed by atoms with van der Waals surface area (Å²) in [6, 6.07) is 5.08. The van der Waals surface area contributed by atoms with E-state index in [9.17, 15) is 9.59 Å². The Bertz CT molecular complexity index is 546. The van der Waals surface area contributed by atoms with Gasteiger partial charge < -0.3 is 14.7 Å². The van der Waals surface area contributed by atoms with Gasteiger partial charge in [0.25, 0.3) is 5.91 Å². The van der Waals surface area contributed by atoms with Crippen molar-refractivity contribution in [3.63, 3.8) is 0 Å². The van der Waals surface area contributed by atoms with Crippen molar-refractivity contribution in [1.82, 2.24) is 4.90 Å². The second-order valence-electron chi connectivity index (χ2n) is 4.97. The quantitative estimate of drug-likeness (QED) is 0.807. The van der Waals surface area contributed by atoms with Crippen molar-refractivity contribution in [2.24, 2.45) is 0 Å². The number of carboxylic acid groups (broad SMARTS) is 1. The van der Waals surface area contributed by atoms with Gasteiger partial charge >= 0.3 is 5.97 Å². The minimum Gasteiger partial charge on any atom is -0.488 e. The molecule has 0 aromatic heterocycles. The lowest BCUT2D eigenvalue weighted by molar-refractivity contribution is -0.138. The van der Waals surface area contributed by atoms with Crippen molar-refractivity contribution in [3.05, 3.63) is 27.3 Å². The summed E-state index contributed by atoms with van der Waals surface area (Å²) in [5.41, 5.74) is 0.499. The van der Waals surface area contributed by atoms with Crippen molar-refractivity contribution in [3.8, 4) is 5.75 Å². The molecule has 2 rings (SSSR count). The number of fused-ring (bicyclic) bond motifs is 1. The van der Waals surface area contributed by atoms with Gasteiger partial charge in [-0.25, -0.2) is 0 Å². The summed E-state index contributed by atoms with van der Waals surface area (Å²) < 4.78 is 6.70. The fraction of sp³-hybridized carbons (Fsp3) is 0.429. The molecule has 0 radical (unpaired) electrons. The van der Waals surface area contributed by atoms with Crippen LogP contribution in [0.2, 0.25) is 0 Å². The Morgan fingerprint density at radius 2 is 2.30 bits per heavy atom. The van der Waals surface area contributed by atoms with Crippen LogP contribution in [0.4, 0.5) is 0 Å². The Kier molecular flexibility index (Phi) is 4.52. The van der Waals surface area contributed by atoms with Crippen LogP contribution in [0.1, 0.15) is 30.6 Å². The maximum atomic E-state index is 12.6. The molecule has 0 bridgehead atoms. The van der Waals surface area contributed by atoms with E-state index in [1.807, 2.05) is 13.0 Å². The summed E-state index contributed by atoms with van der Waals surface area (Å²) in [6.07, 6.45) is -0.242. The molecule has 0 spiro atoms. The topological polar surface area (TPSA) is 66.8 Å². The van der Waals surface area contributed by atoms with Crippen molar-refractivity contribution >= 4 is 34.5 Å². The average Bonchev–Trinajstić information content (AvgIpc) is 2.47. The van der Waals surface area contributed by atoms with E-state index >= 15 is 0 Å². The molecule has 2 unspecified atom stereocenters. The molecule has 1 aliphatic heterocycles. The van der Waals surface area contributed by atoms with E-state index < -0.39 is 5.97 Å². The number of aliphatic carboxylic acids is 1. The molecule has 0 saturated carbocycles. The molecule has 1 aromatic rings. The summed E-state index contributed by atoms with van der Waals surface area (Å²) in [5, 5.41) is 8.91. The first-order chi connectivity index (χ1) is 9.38. The minimum absolute atomic E-state index is 0.0717. The summed E-state index contributed by atoms with van der Waals surface area (Å²) in [4.78, 5) is 25.0. The second kappa shape index (κ2) is 5.99. The Labute approximate surface area is 131 Å². The number of amides is 1. The SMILES string of the molecule is CC1CN(C(C)CC(=O)O)C(=O)c2cc(I)ccc2O1. The van der Waals surface area contributed by atoms with Gasteiger partial charge in [-0.05, 0) is 54.6 Å². The third-order valence-electron chi connectivity index (χ3n) is 3.22. The van der Waals surface area contributed by atoms with Crippen LogP contribution in [0.5, 0.6) is 5.75 Å². The maximum Gasteiger partial charge on any atom is 0.305 e. The van der Waals surface area contributed by atoms with Gasteiger partial charge in [-0.3, -0.25) is 9.59 Å². The molecule has 1 N–H and O–H groups in total. The van der Waals surface area contributed by atoms with Gasteiger partial charge in [0.05, 0.1) is 18.5 Å². The van der Waals surface area contributed by atoms with E-state index in [1.165, 1.54) is 0 Å². The predicted molar refractivity (Wildman–Crippen MR) is 82.0 cm³/mol. The van der Waals surface area contributed by atoms with Crippen LogP contribution in [-0.2, 0) is 4.79 Å². The summed E-state index contributed by atoms with van der Waals surface area (Å²) in [6.45, 7) is 4.01. The van der Waals surface area contributed by atoms with Crippen LogP contribution in [-0.4, -0.2) is 40.6 Å². The molecule has 5 nitrogen and oxygen atoms in total. The van der Waals surface area contributed by atoms with Crippen LogP contribution >= 0.6 is 22.6 Å². The highest BCUT2D eigenvalue weighted by Crippen LogP contribution is 2.28. The molecule has 0 aliphatic carbocycles. The monoisotopic (exact) mass is 389 g/mol. The maximum absolute atomic E-state index is 12.6. The van der Waals surface area contributed by atoms with Crippen molar-refractivity contribution in [2.75, 3.05) is 6.54 Å². The van der Waals surface area contributed by atoms with Gasteiger partial charge in [-0.2, -0.15) is 0 Å². The number of carbonyl (C=O) groups is 2. The molecule has 1 heterocycles. The fourth-order valence-electron chi connectivity index (χ4n) is 2.28. The molecular weight excluding hydrogens is 373 g/mol. The molecule has 0 fully saturated rings. The zero-order valence-electron chi connectivity index (χ0n) is 11.3. The molecule has 1 aromatic carbocycles. The van der Waals surface area contributed by atoms with E-state index in [4.69, 9.17) is 9.84 Å². The number of benzene rings is 1. The Balaban J connectivity index is 2.36. The Morgan fingerprint density at radius 3 is 2.95 bits per heavy atom. The summed E-state index contributed by atoms with van der Waals surface area (Å²) in [7, 11) is 0. The smallest absolute Gasteiger partial charge is 0.305 e. The minimum atomic E-state index is -0.911. The highest BCUT2D eigenvalue weighted by Gasteiger charge is 2.30. The molecule has 20 heavy (non-hydrogen) atoms. The zero-order valence-corrected chi connectivity index (χ0v) is 13.5. The van der Waals surface area contributed by atoms with E-state index in [0.29, 0.717) is 17.9 Å². The zero-order chi connectivity index (χ0) is 14.9. The van der Waals surface area contributed by atoms with Crippen LogP contribution in [0, 0.1) is 3.57 Å².